The molecule has 0 amide bonds. The second-order valence-electron chi connectivity index (χ2n) is 9.37. The summed E-state index contributed by atoms with van der Waals surface area (Å²) < 4.78 is 4.95. The summed E-state index contributed by atoms with van der Waals surface area (Å²) in [5, 5.41) is 0. The molecule has 1 aliphatic rings. The molecular formula is C27H31N5O2. The minimum atomic E-state index is -0.301. The maximum atomic E-state index is 13.5. The minimum Gasteiger partial charge on any atom is -0.342 e. The fraction of sp³-hybridized carbons (Fsp3) is 0.370. The van der Waals surface area contributed by atoms with E-state index >= 15 is 0 Å². The molecule has 5 rings (SSSR count). The van der Waals surface area contributed by atoms with Gasteiger partial charge >= 0.3 is 5.69 Å². The molecule has 7 heteroatoms. The van der Waals surface area contributed by atoms with Crippen molar-refractivity contribution in [3.05, 3.63) is 92.6 Å². The summed E-state index contributed by atoms with van der Waals surface area (Å²) in [6, 6.07) is 20.6. The van der Waals surface area contributed by atoms with Gasteiger partial charge in [-0.25, -0.2) is 4.79 Å². The number of anilines is 1. The van der Waals surface area contributed by atoms with Crippen LogP contribution in [-0.4, -0.2) is 31.8 Å². The quantitative estimate of drug-likeness (QED) is 0.427. The molecule has 1 atom stereocenters. The highest BCUT2D eigenvalue weighted by Crippen LogP contribution is 2.27. The smallest absolute Gasteiger partial charge is 0.332 e. The molecule has 1 aliphatic heterocycles. The average Bonchev–Trinajstić information content (AvgIpc) is 3.24. The van der Waals surface area contributed by atoms with E-state index < -0.39 is 0 Å². The van der Waals surface area contributed by atoms with Crippen molar-refractivity contribution < 1.29 is 0 Å². The Morgan fingerprint density at radius 1 is 0.882 bits per heavy atom. The lowest BCUT2D eigenvalue weighted by atomic mass is 10.1. The van der Waals surface area contributed by atoms with E-state index in [1.165, 1.54) is 20.3 Å². The third-order valence-corrected chi connectivity index (χ3v) is 6.72. The summed E-state index contributed by atoms with van der Waals surface area (Å²) >= 11 is 0. The van der Waals surface area contributed by atoms with Crippen molar-refractivity contribution in [1.82, 2.24) is 18.7 Å². The number of nitrogens with zero attached hydrogens (tertiary/aromatic N) is 5. The number of aromatic nitrogens is 4. The second kappa shape index (κ2) is 9.33. The summed E-state index contributed by atoms with van der Waals surface area (Å²) in [4.78, 5) is 33.7. The number of fused-ring (bicyclic) bond motifs is 3. The Labute approximate surface area is 198 Å². The monoisotopic (exact) mass is 457 g/mol. The topological polar surface area (TPSA) is 65.1 Å². The summed E-state index contributed by atoms with van der Waals surface area (Å²) in [6.07, 6.45) is 2.45. The molecule has 0 radical (unpaired) electrons. The van der Waals surface area contributed by atoms with E-state index in [0.717, 1.165) is 44.8 Å². The minimum absolute atomic E-state index is 0.234. The van der Waals surface area contributed by atoms with Crippen LogP contribution in [0.5, 0.6) is 0 Å². The molecule has 2 aromatic heterocycles. The molecule has 0 saturated carbocycles. The fourth-order valence-electron chi connectivity index (χ4n) is 4.98. The Morgan fingerprint density at radius 3 is 2.21 bits per heavy atom. The molecule has 0 N–H and O–H groups in total. The Balaban J connectivity index is 1.47. The predicted molar refractivity (Wildman–Crippen MR) is 136 cm³/mol. The normalized spacial score (nSPS) is 15.6. The van der Waals surface area contributed by atoms with Crippen molar-refractivity contribution in [3.63, 3.8) is 0 Å². The van der Waals surface area contributed by atoms with Crippen LogP contribution in [0.15, 0.2) is 70.3 Å². The first-order valence-electron chi connectivity index (χ1n) is 12.1. The van der Waals surface area contributed by atoms with Gasteiger partial charge in [0.05, 0.1) is 0 Å². The van der Waals surface area contributed by atoms with E-state index in [0.29, 0.717) is 23.6 Å². The van der Waals surface area contributed by atoms with Crippen LogP contribution in [0.3, 0.4) is 0 Å². The highest BCUT2D eigenvalue weighted by Gasteiger charge is 2.28. The second-order valence-corrected chi connectivity index (χ2v) is 9.37. The number of hydrogen-bond acceptors (Lipinski definition) is 4. The third kappa shape index (κ3) is 4.18. The van der Waals surface area contributed by atoms with Gasteiger partial charge in [-0.15, -0.1) is 0 Å². The molecule has 4 aromatic rings. The predicted octanol–water partition coefficient (Wildman–Crippen LogP) is 3.23. The summed E-state index contributed by atoms with van der Waals surface area (Å²) in [5.74, 6) is 1.17. The van der Waals surface area contributed by atoms with E-state index in [1.807, 2.05) is 28.8 Å². The molecule has 0 saturated heterocycles. The van der Waals surface area contributed by atoms with Gasteiger partial charge in [0.1, 0.15) is 0 Å². The van der Waals surface area contributed by atoms with Gasteiger partial charge in [-0.1, -0.05) is 67.6 Å². The highest BCUT2D eigenvalue weighted by molar-refractivity contribution is 5.75. The van der Waals surface area contributed by atoms with Gasteiger partial charge in [-0.05, 0) is 36.3 Å². The van der Waals surface area contributed by atoms with Gasteiger partial charge in [0, 0.05) is 33.2 Å². The molecule has 34 heavy (non-hydrogen) atoms. The van der Waals surface area contributed by atoms with Crippen LogP contribution in [0.25, 0.3) is 11.2 Å². The summed E-state index contributed by atoms with van der Waals surface area (Å²) in [7, 11) is 1.72. The van der Waals surface area contributed by atoms with Gasteiger partial charge in [-0.3, -0.25) is 13.9 Å². The first-order valence-corrected chi connectivity index (χ1v) is 12.1. The molecular weight excluding hydrogens is 426 g/mol. The summed E-state index contributed by atoms with van der Waals surface area (Å²) in [6.45, 7) is 5.02. The maximum Gasteiger partial charge on any atom is 0.332 e. The lowest BCUT2D eigenvalue weighted by Gasteiger charge is -2.33. The van der Waals surface area contributed by atoms with Gasteiger partial charge in [0.15, 0.2) is 11.2 Å². The van der Waals surface area contributed by atoms with E-state index in [9.17, 15) is 9.59 Å². The zero-order valence-corrected chi connectivity index (χ0v) is 19.9. The van der Waals surface area contributed by atoms with Crippen LogP contribution in [0, 0.1) is 5.92 Å². The standard InChI is InChI=1S/C27H31N5O2/c1-20-18-30(17-15-22-12-7-4-8-13-22)26-28-24-23(32(26)19-20)25(33)31(27(34)29(24)2)16-9-14-21-10-5-3-6-11-21/h3-8,10-13,20H,9,14-19H2,1-2H3. The van der Waals surface area contributed by atoms with Crippen molar-refractivity contribution in [2.24, 2.45) is 13.0 Å². The van der Waals surface area contributed by atoms with Gasteiger partial charge in [0.2, 0.25) is 5.95 Å². The van der Waals surface area contributed by atoms with Gasteiger partial charge in [-0.2, -0.15) is 4.98 Å². The molecule has 176 valence electrons. The Bertz CT molecular complexity index is 1400. The molecule has 0 fully saturated rings. The van der Waals surface area contributed by atoms with Crippen molar-refractivity contribution in [2.75, 3.05) is 18.0 Å². The fourth-order valence-corrected chi connectivity index (χ4v) is 4.98. The van der Waals surface area contributed by atoms with Crippen LogP contribution in [0.4, 0.5) is 5.95 Å². The van der Waals surface area contributed by atoms with Crippen molar-refractivity contribution >= 4 is 17.1 Å². The lowest BCUT2D eigenvalue weighted by molar-refractivity contribution is 0.436. The van der Waals surface area contributed by atoms with Crippen molar-refractivity contribution in [1.29, 1.82) is 0 Å². The maximum absolute atomic E-state index is 13.5. The first kappa shape index (κ1) is 22.2. The van der Waals surface area contributed by atoms with E-state index in [4.69, 9.17) is 4.98 Å². The van der Waals surface area contributed by atoms with E-state index in [1.54, 1.807) is 7.05 Å². The lowest BCUT2D eigenvalue weighted by Crippen LogP contribution is -2.41. The molecule has 3 heterocycles. The van der Waals surface area contributed by atoms with E-state index in [2.05, 4.69) is 48.2 Å². The Kier molecular flexibility index (Phi) is 6.09. The van der Waals surface area contributed by atoms with Crippen LogP contribution in [0.2, 0.25) is 0 Å². The molecule has 2 aromatic carbocycles. The van der Waals surface area contributed by atoms with Crippen LogP contribution < -0.4 is 16.1 Å². The number of imidazole rings is 1. The van der Waals surface area contributed by atoms with Crippen LogP contribution in [0.1, 0.15) is 24.5 Å². The number of rotatable bonds is 7. The number of hydrogen-bond donors (Lipinski definition) is 0. The highest BCUT2D eigenvalue weighted by atomic mass is 16.2. The average molecular weight is 458 g/mol. The third-order valence-electron chi connectivity index (χ3n) is 6.72. The SMILES string of the molecule is CC1CN(CCc2ccccc2)c2nc3c(c(=O)n(CCCc4ccccc4)c(=O)n3C)n2C1. The van der Waals surface area contributed by atoms with Crippen molar-refractivity contribution in [2.45, 2.75) is 39.3 Å². The zero-order valence-electron chi connectivity index (χ0n) is 19.9. The molecule has 0 bridgehead atoms. The summed E-state index contributed by atoms with van der Waals surface area (Å²) in [5.41, 5.74) is 2.96. The molecule has 1 unspecified atom stereocenters. The Morgan fingerprint density at radius 2 is 1.53 bits per heavy atom. The molecule has 7 nitrogen and oxygen atoms in total. The Hall–Kier alpha value is -3.61. The molecule has 0 spiro atoms. The number of benzene rings is 2. The first-order chi connectivity index (χ1) is 16.5. The van der Waals surface area contributed by atoms with Gasteiger partial charge < -0.3 is 9.47 Å². The van der Waals surface area contributed by atoms with Gasteiger partial charge in [0.25, 0.3) is 5.56 Å². The van der Waals surface area contributed by atoms with Crippen LogP contribution >= 0.6 is 0 Å². The largest absolute Gasteiger partial charge is 0.342 e. The van der Waals surface area contributed by atoms with E-state index in [-0.39, 0.29) is 11.2 Å². The molecule has 0 aliphatic carbocycles. The van der Waals surface area contributed by atoms with Crippen molar-refractivity contribution in [3.8, 4) is 0 Å². The number of aryl methyl sites for hydroxylation is 2. The zero-order chi connectivity index (χ0) is 23.7. The van der Waals surface area contributed by atoms with Crippen LogP contribution in [-0.2, 0) is 33.0 Å².